The number of hydrogen-bond acceptors (Lipinski definition) is 4. The van der Waals surface area contributed by atoms with E-state index in [0.29, 0.717) is 5.75 Å². The molecule has 0 aliphatic carbocycles. The topological polar surface area (TPSA) is 52.6 Å². The van der Waals surface area contributed by atoms with Gasteiger partial charge in [-0.15, -0.1) is 0 Å². The molecule has 1 aromatic rings. The molecule has 4 nitrogen and oxygen atoms in total. The Kier molecular flexibility index (Phi) is 3.33. The molecule has 0 radical (unpaired) electrons. The van der Waals surface area contributed by atoms with Crippen LogP contribution in [-0.2, 0) is 14.2 Å². The van der Waals surface area contributed by atoms with Gasteiger partial charge in [0.05, 0.1) is 6.26 Å². The van der Waals surface area contributed by atoms with Crippen LogP contribution in [0, 0.1) is 0 Å². The van der Waals surface area contributed by atoms with E-state index in [9.17, 15) is 8.42 Å². The van der Waals surface area contributed by atoms with Crippen molar-refractivity contribution in [2.24, 2.45) is 0 Å². The highest BCUT2D eigenvalue weighted by molar-refractivity contribution is 7.86. The van der Waals surface area contributed by atoms with Crippen molar-refractivity contribution in [3.05, 3.63) is 30.3 Å². The van der Waals surface area contributed by atoms with E-state index in [1.54, 1.807) is 24.3 Å². The van der Waals surface area contributed by atoms with Crippen molar-refractivity contribution < 1.29 is 17.2 Å². The molecule has 0 N–H and O–H groups in total. The molecular formula is C7H9BO4S. The van der Waals surface area contributed by atoms with Gasteiger partial charge in [-0.2, -0.15) is 0 Å². The average Bonchev–Trinajstić information content (AvgIpc) is 2.04. The fraction of sp³-hybridized carbons (Fsp3) is 0.143. The molecule has 0 spiro atoms. The summed E-state index contributed by atoms with van der Waals surface area (Å²) in [6.07, 6.45) is 0.974. The first-order valence-electron chi connectivity index (χ1n) is 3.60. The van der Waals surface area contributed by atoms with Crippen molar-refractivity contribution in [1.29, 1.82) is 0 Å². The summed E-state index contributed by atoms with van der Waals surface area (Å²) in [4.78, 5) is 0. The highest BCUT2D eigenvalue weighted by atomic mass is 32.2. The molecule has 1 rings (SSSR count). The molecule has 0 atom stereocenters. The molecule has 0 unspecified atom stereocenters. The van der Waals surface area contributed by atoms with Crippen LogP contribution >= 0.6 is 0 Å². The summed E-state index contributed by atoms with van der Waals surface area (Å²) in [5.41, 5.74) is 0. The van der Waals surface area contributed by atoms with E-state index >= 15 is 0 Å². The van der Waals surface area contributed by atoms with Gasteiger partial charge in [0.15, 0.2) is 0 Å². The molecule has 0 fully saturated rings. The minimum Gasteiger partial charge on any atom is -0.538 e. The fourth-order valence-electron chi connectivity index (χ4n) is 0.696. The second kappa shape index (κ2) is 4.29. The van der Waals surface area contributed by atoms with E-state index in [2.05, 4.69) is 4.10 Å². The molecule has 0 aliphatic rings. The van der Waals surface area contributed by atoms with Crippen molar-refractivity contribution in [2.75, 3.05) is 6.26 Å². The third-order valence-electron chi connectivity index (χ3n) is 1.23. The van der Waals surface area contributed by atoms with E-state index in [-0.39, 0.29) is 7.69 Å². The Morgan fingerprint density at radius 3 is 2.38 bits per heavy atom. The van der Waals surface area contributed by atoms with E-state index in [1.807, 2.05) is 6.07 Å². The normalized spacial score (nSPS) is 10.8. The van der Waals surface area contributed by atoms with Gasteiger partial charge < -0.3 is 4.65 Å². The lowest BCUT2D eigenvalue weighted by atomic mass is 10.3. The highest BCUT2D eigenvalue weighted by Crippen LogP contribution is 2.07. The van der Waals surface area contributed by atoms with E-state index < -0.39 is 10.1 Å². The summed E-state index contributed by atoms with van der Waals surface area (Å²) in [5.74, 6) is 0.575. The van der Waals surface area contributed by atoms with Gasteiger partial charge in [-0.1, -0.05) is 18.2 Å². The quantitative estimate of drug-likeness (QED) is 0.656. The van der Waals surface area contributed by atoms with Crippen LogP contribution in [0.4, 0.5) is 0 Å². The Hall–Kier alpha value is -1.01. The summed E-state index contributed by atoms with van der Waals surface area (Å²) in [6, 6.07) is 8.84. The smallest absolute Gasteiger partial charge is 0.522 e. The predicted octanol–water partition coefficient (Wildman–Crippen LogP) is 0.308. The molecule has 70 valence electrons. The molecule has 0 saturated carbocycles. The zero-order valence-corrected chi connectivity index (χ0v) is 7.95. The lowest BCUT2D eigenvalue weighted by molar-refractivity contribution is 0.444. The first kappa shape index (κ1) is 10.1. The van der Waals surface area contributed by atoms with Crippen LogP contribution in [0.2, 0.25) is 0 Å². The highest BCUT2D eigenvalue weighted by Gasteiger charge is 2.04. The van der Waals surface area contributed by atoms with Crippen LogP contribution in [0.5, 0.6) is 5.75 Å². The van der Waals surface area contributed by atoms with Gasteiger partial charge in [-0.05, 0) is 12.1 Å². The van der Waals surface area contributed by atoms with Crippen LogP contribution in [-0.4, -0.2) is 22.4 Å². The van der Waals surface area contributed by atoms with Crippen molar-refractivity contribution in [1.82, 2.24) is 0 Å². The number of hydrogen-bond donors (Lipinski definition) is 0. The Morgan fingerprint density at radius 2 is 1.85 bits per heavy atom. The van der Waals surface area contributed by atoms with Gasteiger partial charge in [-0.3, -0.25) is 4.10 Å². The maximum Gasteiger partial charge on any atom is 0.522 e. The molecular weight excluding hydrogens is 191 g/mol. The fourth-order valence-corrected chi connectivity index (χ4v) is 0.919. The van der Waals surface area contributed by atoms with Crippen LogP contribution in [0.1, 0.15) is 0 Å². The molecule has 0 saturated heterocycles. The lowest BCUT2D eigenvalue weighted by Crippen LogP contribution is -2.12. The Labute approximate surface area is 77.9 Å². The van der Waals surface area contributed by atoms with Crippen molar-refractivity contribution in [3.8, 4) is 5.75 Å². The molecule has 0 amide bonds. The van der Waals surface area contributed by atoms with Gasteiger partial charge >= 0.3 is 7.69 Å². The second-order valence-electron chi connectivity index (χ2n) is 2.40. The van der Waals surface area contributed by atoms with E-state index in [0.717, 1.165) is 6.26 Å². The van der Waals surface area contributed by atoms with Gasteiger partial charge in [0.1, 0.15) is 5.75 Å². The monoisotopic (exact) mass is 200 g/mol. The van der Waals surface area contributed by atoms with Crippen LogP contribution in [0.3, 0.4) is 0 Å². The Morgan fingerprint density at radius 1 is 1.23 bits per heavy atom. The molecule has 0 aliphatic heterocycles. The summed E-state index contributed by atoms with van der Waals surface area (Å²) in [5, 5.41) is 0. The Balaban J connectivity index is 2.37. The van der Waals surface area contributed by atoms with Gasteiger partial charge in [-0.25, -0.2) is 8.42 Å². The van der Waals surface area contributed by atoms with Gasteiger partial charge in [0, 0.05) is 0 Å². The third-order valence-corrected chi connectivity index (χ3v) is 1.76. The second-order valence-corrected chi connectivity index (χ2v) is 4.04. The number of benzene rings is 1. The van der Waals surface area contributed by atoms with Crippen LogP contribution < -0.4 is 4.65 Å². The summed E-state index contributed by atoms with van der Waals surface area (Å²) < 4.78 is 30.4. The summed E-state index contributed by atoms with van der Waals surface area (Å²) >= 11 is 0. The van der Waals surface area contributed by atoms with Gasteiger partial charge in [0.25, 0.3) is 10.1 Å². The first-order valence-corrected chi connectivity index (χ1v) is 5.42. The number of para-hydroxylation sites is 1. The first-order chi connectivity index (χ1) is 6.08. The average molecular weight is 200 g/mol. The summed E-state index contributed by atoms with van der Waals surface area (Å²) in [7, 11) is -3.71. The standard InChI is InChI=1S/C7H9BO4S/c1-13(9,10)12-8-11-7-5-3-2-4-6-7/h2-6,8H,1H3. The van der Waals surface area contributed by atoms with Gasteiger partial charge in [0.2, 0.25) is 0 Å². The minimum atomic E-state index is -3.42. The van der Waals surface area contributed by atoms with Crippen LogP contribution in [0.25, 0.3) is 0 Å². The van der Waals surface area contributed by atoms with Crippen molar-refractivity contribution in [2.45, 2.75) is 0 Å². The maximum absolute atomic E-state index is 10.5. The third kappa shape index (κ3) is 4.54. The summed E-state index contributed by atoms with van der Waals surface area (Å²) in [6.45, 7) is 0. The molecule has 0 heterocycles. The van der Waals surface area contributed by atoms with Crippen molar-refractivity contribution >= 4 is 17.8 Å². The zero-order valence-electron chi connectivity index (χ0n) is 7.14. The van der Waals surface area contributed by atoms with Crippen LogP contribution in [0.15, 0.2) is 30.3 Å². The Bertz CT molecular complexity index is 348. The largest absolute Gasteiger partial charge is 0.538 e. The van der Waals surface area contributed by atoms with Crippen molar-refractivity contribution in [3.63, 3.8) is 0 Å². The van der Waals surface area contributed by atoms with E-state index in [1.165, 1.54) is 0 Å². The minimum absolute atomic E-state index is 0.289. The molecule has 6 heteroatoms. The number of rotatable bonds is 4. The molecule has 0 aromatic heterocycles. The molecule has 0 bridgehead atoms. The van der Waals surface area contributed by atoms with E-state index in [4.69, 9.17) is 4.65 Å². The SMILES string of the molecule is CS(=O)(=O)OBOc1ccccc1. The predicted molar refractivity (Wildman–Crippen MR) is 50.1 cm³/mol. The molecule has 13 heavy (non-hydrogen) atoms. The maximum atomic E-state index is 10.5. The lowest BCUT2D eigenvalue weighted by Gasteiger charge is -2.02. The zero-order chi connectivity index (χ0) is 9.73. The molecule has 1 aromatic carbocycles.